The van der Waals surface area contributed by atoms with Crippen molar-refractivity contribution in [3.05, 3.63) is 29.3 Å². The molecule has 1 rings (SSSR count). The quantitative estimate of drug-likeness (QED) is 0.670. The highest BCUT2D eigenvalue weighted by Gasteiger charge is 2.09. The molecule has 0 aromatic heterocycles. The van der Waals surface area contributed by atoms with Gasteiger partial charge in [0.2, 0.25) is 0 Å². The lowest BCUT2D eigenvalue weighted by Crippen LogP contribution is -2.34. The molecule has 0 unspecified atom stereocenters. The fraction of sp³-hybridized carbons (Fsp3) is 0.562. The van der Waals surface area contributed by atoms with Crippen molar-refractivity contribution in [1.29, 1.82) is 0 Å². The third-order valence-corrected chi connectivity index (χ3v) is 3.19. The van der Waals surface area contributed by atoms with Crippen LogP contribution in [-0.4, -0.2) is 55.9 Å². The Morgan fingerprint density at radius 3 is 2.67 bits per heavy atom. The molecule has 5 nitrogen and oxygen atoms in total. The second-order valence-corrected chi connectivity index (χ2v) is 5.13. The van der Waals surface area contributed by atoms with E-state index in [0.717, 1.165) is 17.7 Å². The molecule has 0 saturated heterocycles. The summed E-state index contributed by atoms with van der Waals surface area (Å²) in [6, 6.07) is 6.12. The number of carboxylic acid groups (broad SMARTS) is 1. The number of carbonyl (C=O) groups is 1. The van der Waals surface area contributed by atoms with Gasteiger partial charge in [-0.1, -0.05) is 12.1 Å². The van der Waals surface area contributed by atoms with Gasteiger partial charge in [0.25, 0.3) is 0 Å². The Labute approximate surface area is 126 Å². The van der Waals surface area contributed by atoms with E-state index in [0.29, 0.717) is 26.3 Å². The van der Waals surface area contributed by atoms with E-state index in [1.807, 2.05) is 30.9 Å². The zero-order chi connectivity index (χ0) is 15.7. The van der Waals surface area contributed by atoms with E-state index in [1.165, 1.54) is 5.56 Å². The zero-order valence-electron chi connectivity index (χ0n) is 13.1. The number of nitrogens with zero attached hydrogens (tertiary/aromatic N) is 1. The summed E-state index contributed by atoms with van der Waals surface area (Å²) in [7, 11) is 1.61. The van der Waals surface area contributed by atoms with Crippen LogP contribution in [0.25, 0.3) is 0 Å². The van der Waals surface area contributed by atoms with E-state index in [2.05, 4.69) is 6.07 Å². The average Bonchev–Trinajstić information content (AvgIpc) is 2.43. The minimum Gasteiger partial charge on any atom is -0.493 e. The molecule has 0 heterocycles. The maximum absolute atomic E-state index is 10.8. The van der Waals surface area contributed by atoms with Crippen LogP contribution in [-0.2, 0) is 9.53 Å². The number of hydrogen-bond donors (Lipinski definition) is 1. The van der Waals surface area contributed by atoms with Gasteiger partial charge in [-0.3, -0.25) is 9.69 Å². The molecule has 0 aliphatic heterocycles. The van der Waals surface area contributed by atoms with Crippen molar-refractivity contribution in [1.82, 2.24) is 4.90 Å². The molecule has 21 heavy (non-hydrogen) atoms. The molecule has 118 valence electrons. The normalized spacial score (nSPS) is 10.9. The second-order valence-electron chi connectivity index (χ2n) is 5.13. The summed E-state index contributed by atoms with van der Waals surface area (Å²) in [4.78, 5) is 12.7. The van der Waals surface area contributed by atoms with E-state index in [4.69, 9.17) is 14.6 Å². The molecule has 0 aliphatic carbocycles. The van der Waals surface area contributed by atoms with E-state index >= 15 is 0 Å². The van der Waals surface area contributed by atoms with Crippen LogP contribution in [0, 0.1) is 13.8 Å². The number of methoxy groups -OCH3 is 1. The molecule has 0 amide bonds. The molecule has 0 aliphatic rings. The van der Waals surface area contributed by atoms with Crippen molar-refractivity contribution in [3.63, 3.8) is 0 Å². The summed E-state index contributed by atoms with van der Waals surface area (Å²) >= 11 is 0. The van der Waals surface area contributed by atoms with Crippen LogP contribution < -0.4 is 4.74 Å². The van der Waals surface area contributed by atoms with Crippen molar-refractivity contribution in [2.75, 3.05) is 40.0 Å². The number of carboxylic acids is 1. The number of aryl methyl sites for hydroxylation is 2. The second kappa shape index (κ2) is 9.37. The van der Waals surface area contributed by atoms with Crippen LogP contribution in [0.4, 0.5) is 0 Å². The molecule has 0 fully saturated rings. The third-order valence-electron chi connectivity index (χ3n) is 3.19. The molecule has 5 heteroatoms. The van der Waals surface area contributed by atoms with Gasteiger partial charge >= 0.3 is 5.97 Å². The third kappa shape index (κ3) is 7.11. The monoisotopic (exact) mass is 295 g/mol. The SMILES string of the molecule is COCCN(CCCOc1cc(C)ccc1C)CC(=O)O. The molecule has 0 spiro atoms. The lowest BCUT2D eigenvalue weighted by atomic mass is 10.1. The van der Waals surface area contributed by atoms with Gasteiger partial charge in [-0.15, -0.1) is 0 Å². The van der Waals surface area contributed by atoms with Crippen LogP contribution in [0.15, 0.2) is 18.2 Å². The van der Waals surface area contributed by atoms with Gasteiger partial charge in [0, 0.05) is 20.2 Å². The van der Waals surface area contributed by atoms with Crippen LogP contribution in [0.5, 0.6) is 5.75 Å². The van der Waals surface area contributed by atoms with Gasteiger partial charge in [0.05, 0.1) is 19.8 Å². The lowest BCUT2D eigenvalue weighted by molar-refractivity contribution is -0.138. The van der Waals surface area contributed by atoms with Crippen molar-refractivity contribution in [2.45, 2.75) is 20.3 Å². The van der Waals surface area contributed by atoms with Crippen LogP contribution in [0.3, 0.4) is 0 Å². The van der Waals surface area contributed by atoms with Gasteiger partial charge in [-0.25, -0.2) is 0 Å². The van der Waals surface area contributed by atoms with Crippen molar-refractivity contribution in [2.24, 2.45) is 0 Å². The van der Waals surface area contributed by atoms with Gasteiger partial charge in [-0.05, 0) is 37.5 Å². The summed E-state index contributed by atoms with van der Waals surface area (Å²) in [5, 5.41) is 8.87. The predicted octanol–water partition coefficient (Wildman–Crippen LogP) is 2.11. The molecule has 1 N–H and O–H groups in total. The van der Waals surface area contributed by atoms with Crippen LogP contribution >= 0.6 is 0 Å². The molecule has 0 saturated carbocycles. The molecule has 0 atom stereocenters. The first-order valence-corrected chi connectivity index (χ1v) is 7.16. The highest BCUT2D eigenvalue weighted by molar-refractivity contribution is 5.69. The first kappa shape index (κ1) is 17.5. The van der Waals surface area contributed by atoms with E-state index in [1.54, 1.807) is 7.11 Å². The highest BCUT2D eigenvalue weighted by atomic mass is 16.5. The summed E-state index contributed by atoms with van der Waals surface area (Å²) < 4.78 is 10.8. The minimum atomic E-state index is -0.818. The van der Waals surface area contributed by atoms with Gasteiger partial charge in [-0.2, -0.15) is 0 Å². The maximum atomic E-state index is 10.8. The molecular weight excluding hydrogens is 270 g/mol. The summed E-state index contributed by atoms with van der Waals surface area (Å²) in [5.41, 5.74) is 2.28. The Morgan fingerprint density at radius 2 is 2.00 bits per heavy atom. The van der Waals surface area contributed by atoms with E-state index < -0.39 is 5.97 Å². The van der Waals surface area contributed by atoms with Crippen molar-refractivity contribution < 1.29 is 19.4 Å². The first-order valence-electron chi connectivity index (χ1n) is 7.16. The molecule has 1 aromatic carbocycles. The smallest absolute Gasteiger partial charge is 0.317 e. The number of benzene rings is 1. The zero-order valence-corrected chi connectivity index (χ0v) is 13.1. The summed E-state index contributed by atoms with van der Waals surface area (Å²) in [6.45, 7) is 6.49. The minimum absolute atomic E-state index is 0.0346. The molecule has 1 aromatic rings. The van der Waals surface area contributed by atoms with Crippen LogP contribution in [0.1, 0.15) is 17.5 Å². The molecular formula is C16H25NO4. The van der Waals surface area contributed by atoms with E-state index in [-0.39, 0.29) is 6.54 Å². The van der Waals surface area contributed by atoms with Crippen molar-refractivity contribution >= 4 is 5.97 Å². The summed E-state index contributed by atoms with van der Waals surface area (Å²) in [5.74, 6) is 0.0817. The molecule has 0 bridgehead atoms. The Balaban J connectivity index is 2.36. The lowest BCUT2D eigenvalue weighted by Gasteiger charge is -2.19. The number of hydrogen-bond acceptors (Lipinski definition) is 4. The predicted molar refractivity (Wildman–Crippen MR) is 82.0 cm³/mol. The maximum Gasteiger partial charge on any atom is 0.317 e. The Bertz CT molecular complexity index is 448. The van der Waals surface area contributed by atoms with Gasteiger partial charge in [0.15, 0.2) is 0 Å². The van der Waals surface area contributed by atoms with Crippen molar-refractivity contribution in [3.8, 4) is 5.75 Å². The average molecular weight is 295 g/mol. The fourth-order valence-electron chi connectivity index (χ4n) is 2.01. The fourth-order valence-corrected chi connectivity index (χ4v) is 2.01. The summed E-state index contributed by atoms with van der Waals surface area (Å²) in [6.07, 6.45) is 0.782. The highest BCUT2D eigenvalue weighted by Crippen LogP contribution is 2.19. The largest absolute Gasteiger partial charge is 0.493 e. The number of aliphatic carboxylic acids is 1. The Hall–Kier alpha value is -1.59. The standard InChI is InChI=1S/C16H25NO4/c1-13-5-6-14(2)15(11-13)21-9-4-7-17(8-10-20-3)12-16(18)19/h5-6,11H,4,7-10,12H2,1-3H3,(H,18,19). The van der Waals surface area contributed by atoms with Crippen LogP contribution in [0.2, 0.25) is 0 Å². The van der Waals surface area contributed by atoms with Gasteiger partial charge in [0.1, 0.15) is 5.75 Å². The Morgan fingerprint density at radius 1 is 1.24 bits per heavy atom. The number of rotatable bonds is 10. The first-order chi connectivity index (χ1) is 10.0. The van der Waals surface area contributed by atoms with Gasteiger partial charge < -0.3 is 14.6 Å². The topological polar surface area (TPSA) is 59.0 Å². The molecule has 0 radical (unpaired) electrons. The Kier molecular flexibility index (Phi) is 7.79. The van der Waals surface area contributed by atoms with E-state index in [9.17, 15) is 4.79 Å². The number of ether oxygens (including phenoxy) is 2.